The largest absolute Gasteiger partial charge is 0.364 e. The molecular weight excluding hydrogens is 233 g/mol. The molecule has 0 aliphatic carbocycles. The van der Waals surface area contributed by atoms with E-state index in [2.05, 4.69) is 4.98 Å². The summed E-state index contributed by atoms with van der Waals surface area (Å²) in [6, 6.07) is 3.94. The Hall–Kier alpha value is -1.88. The minimum Gasteiger partial charge on any atom is -0.364 e. The standard InChI is InChI=1S/C10H7ClFN3O/c11-7-3-6(12)1-2-9(7)15-4-8(10(13)16)14-5-15/h1-5H,(H2,13,16). The summed E-state index contributed by atoms with van der Waals surface area (Å²) in [6.07, 6.45) is 2.82. The van der Waals surface area contributed by atoms with Crippen LogP contribution in [0, 0.1) is 5.82 Å². The van der Waals surface area contributed by atoms with Crippen LogP contribution < -0.4 is 5.73 Å². The van der Waals surface area contributed by atoms with Crippen molar-refractivity contribution in [3.05, 3.63) is 47.3 Å². The number of amides is 1. The Morgan fingerprint density at radius 2 is 2.25 bits per heavy atom. The van der Waals surface area contributed by atoms with E-state index in [0.717, 1.165) is 0 Å². The number of imidazole rings is 1. The predicted octanol–water partition coefficient (Wildman–Crippen LogP) is 1.76. The lowest BCUT2D eigenvalue weighted by Crippen LogP contribution is -2.11. The van der Waals surface area contributed by atoms with Gasteiger partial charge in [0, 0.05) is 6.20 Å². The van der Waals surface area contributed by atoms with E-state index >= 15 is 0 Å². The second-order valence-electron chi connectivity index (χ2n) is 3.13. The van der Waals surface area contributed by atoms with Crippen molar-refractivity contribution < 1.29 is 9.18 Å². The van der Waals surface area contributed by atoms with Crippen LogP contribution >= 0.6 is 11.6 Å². The Kier molecular flexibility index (Phi) is 2.62. The molecule has 0 atom stereocenters. The first-order valence-corrected chi connectivity index (χ1v) is 4.75. The number of benzene rings is 1. The van der Waals surface area contributed by atoms with Crippen molar-refractivity contribution in [1.29, 1.82) is 0 Å². The number of hydrogen-bond acceptors (Lipinski definition) is 2. The third-order valence-corrected chi connectivity index (χ3v) is 2.33. The molecule has 2 aromatic rings. The molecule has 4 nitrogen and oxygen atoms in total. The topological polar surface area (TPSA) is 60.9 Å². The minimum atomic E-state index is -0.628. The molecular formula is C10H7ClFN3O. The van der Waals surface area contributed by atoms with Crippen LogP contribution in [0.3, 0.4) is 0 Å². The third-order valence-electron chi connectivity index (χ3n) is 2.02. The van der Waals surface area contributed by atoms with E-state index in [1.54, 1.807) is 0 Å². The van der Waals surface area contributed by atoms with Gasteiger partial charge in [-0.15, -0.1) is 0 Å². The first-order chi connectivity index (χ1) is 7.58. The van der Waals surface area contributed by atoms with E-state index in [-0.39, 0.29) is 10.7 Å². The highest BCUT2D eigenvalue weighted by atomic mass is 35.5. The fourth-order valence-corrected chi connectivity index (χ4v) is 1.54. The van der Waals surface area contributed by atoms with Gasteiger partial charge < -0.3 is 10.3 Å². The van der Waals surface area contributed by atoms with Crippen molar-refractivity contribution in [2.45, 2.75) is 0 Å². The summed E-state index contributed by atoms with van der Waals surface area (Å²) >= 11 is 5.85. The van der Waals surface area contributed by atoms with Gasteiger partial charge in [0.05, 0.1) is 10.7 Å². The zero-order chi connectivity index (χ0) is 11.7. The SMILES string of the molecule is NC(=O)c1cn(-c2ccc(F)cc2Cl)cn1. The smallest absolute Gasteiger partial charge is 0.268 e. The highest BCUT2D eigenvalue weighted by Crippen LogP contribution is 2.21. The van der Waals surface area contributed by atoms with E-state index in [1.165, 1.54) is 35.3 Å². The molecule has 1 aromatic carbocycles. The van der Waals surface area contributed by atoms with Crippen LogP contribution in [0.15, 0.2) is 30.7 Å². The van der Waals surface area contributed by atoms with Gasteiger partial charge in [0.2, 0.25) is 0 Å². The molecule has 0 saturated heterocycles. The highest BCUT2D eigenvalue weighted by molar-refractivity contribution is 6.32. The monoisotopic (exact) mass is 239 g/mol. The Bertz CT molecular complexity index is 553. The average molecular weight is 240 g/mol. The summed E-state index contributed by atoms with van der Waals surface area (Å²) in [7, 11) is 0. The van der Waals surface area contributed by atoms with E-state index in [1.807, 2.05) is 0 Å². The van der Waals surface area contributed by atoms with Crippen molar-refractivity contribution in [2.75, 3.05) is 0 Å². The van der Waals surface area contributed by atoms with Gasteiger partial charge in [-0.2, -0.15) is 0 Å². The number of primary amides is 1. The van der Waals surface area contributed by atoms with E-state index in [0.29, 0.717) is 5.69 Å². The molecule has 0 bridgehead atoms. The third kappa shape index (κ3) is 1.90. The molecule has 0 aliphatic heterocycles. The number of aromatic nitrogens is 2. The van der Waals surface area contributed by atoms with Gasteiger partial charge in [-0.05, 0) is 18.2 Å². The van der Waals surface area contributed by atoms with Crippen LogP contribution in [0.5, 0.6) is 0 Å². The van der Waals surface area contributed by atoms with Crippen LogP contribution in [0.2, 0.25) is 5.02 Å². The summed E-state index contributed by atoms with van der Waals surface area (Å²) in [6.45, 7) is 0. The Morgan fingerprint density at radius 1 is 1.50 bits per heavy atom. The van der Waals surface area contributed by atoms with Crippen LogP contribution in [-0.2, 0) is 0 Å². The summed E-state index contributed by atoms with van der Waals surface area (Å²) in [5.41, 5.74) is 5.72. The zero-order valence-corrected chi connectivity index (χ0v) is 8.78. The van der Waals surface area contributed by atoms with E-state index < -0.39 is 11.7 Å². The first-order valence-electron chi connectivity index (χ1n) is 4.37. The Balaban J connectivity index is 2.46. The number of rotatable bonds is 2. The summed E-state index contributed by atoms with van der Waals surface area (Å²) < 4.78 is 14.3. The number of carbonyl (C=O) groups is 1. The molecule has 1 heterocycles. The highest BCUT2D eigenvalue weighted by Gasteiger charge is 2.08. The number of carbonyl (C=O) groups excluding carboxylic acids is 1. The normalized spacial score (nSPS) is 10.4. The molecule has 0 saturated carbocycles. The summed E-state index contributed by atoms with van der Waals surface area (Å²) in [5, 5.41) is 0.230. The average Bonchev–Trinajstić information content (AvgIpc) is 2.66. The lowest BCUT2D eigenvalue weighted by Gasteiger charge is -2.03. The van der Waals surface area contributed by atoms with Gasteiger partial charge in [-0.3, -0.25) is 4.79 Å². The molecule has 2 N–H and O–H groups in total. The lowest BCUT2D eigenvalue weighted by molar-refractivity contribution is 0.0996. The molecule has 0 unspecified atom stereocenters. The molecule has 6 heteroatoms. The van der Waals surface area contributed by atoms with Crippen molar-refractivity contribution in [2.24, 2.45) is 5.73 Å². The second kappa shape index (κ2) is 3.94. The maximum atomic E-state index is 12.8. The molecule has 0 aliphatic rings. The minimum absolute atomic E-state index is 0.125. The zero-order valence-electron chi connectivity index (χ0n) is 8.02. The van der Waals surface area contributed by atoms with Crippen LogP contribution in [0.1, 0.15) is 10.5 Å². The number of nitrogens with zero attached hydrogens (tertiary/aromatic N) is 2. The summed E-state index contributed by atoms with van der Waals surface area (Å²) in [4.78, 5) is 14.6. The summed E-state index contributed by atoms with van der Waals surface area (Å²) in [5.74, 6) is -1.05. The predicted molar refractivity (Wildman–Crippen MR) is 57.0 cm³/mol. The first kappa shape index (κ1) is 10.6. The van der Waals surface area contributed by atoms with Crippen molar-refractivity contribution in [3.63, 3.8) is 0 Å². The Morgan fingerprint density at radius 3 is 2.81 bits per heavy atom. The van der Waals surface area contributed by atoms with Gasteiger partial charge >= 0.3 is 0 Å². The van der Waals surface area contributed by atoms with Crippen molar-refractivity contribution >= 4 is 17.5 Å². The maximum Gasteiger partial charge on any atom is 0.268 e. The number of halogens is 2. The van der Waals surface area contributed by atoms with Gasteiger partial charge in [0.1, 0.15) is 17.8 Å². The number of hydrogen-bond donors (Lipinski definition) is 1. The molecule has 1 amide bonds. The fraction of sp³-hybridized carbons (Fsp3) is 0. The van der Waals surface area contributed by atoms with Gasteiger partial charge in [0.15, 0.2) is 0 Å². The van der Waals surface area contributed by atoms with Crippen molar-refractivity contribution in [3.8, 4) is 5.69 Å². The van der Waals surface area contributed by atoms with Gasteiger partial charge in [0.25, 0.3) is 5.91 Å². The lowest BCUT2D eigenvalue weighted by atomic mass is 10.3. The van der Waals surface area contributed by atoms with Crippen LogP contribution in [0.4, 0.5) is 4.39 Å². The van der Waals surface area contributed by atoms with E-state index in [9.17, 15) is 9.18 Å². The van der Waals surface area contributed by atoms with Crippen molar-refractivity contribution in [1.82, 2.24) is 9.55 Å². The second-order valence-corrected chi connectivity index (χ2v) is 3.53. The fourth-order valence-electron chi connectivity index (χ4n) is 1.27. The van der Waals surface area contributed by atoms with Crippen LogP contribution in [-0.4, -0.2) is 15.5 Å². The van der Waals surface area contributed by atoms with E-state index in [4.69, 9.17) is 17.3 Å². The number of nitrogens with two attached hydrogens (primary N) is 1. The molecule has 2 rings (SSSR count). The Labute approximate surface area is 95.5 Å². The quantitative estimate of drug-likeness (QED) is 0.868. The molecule has 0 spiro atoms. The molecule has 0 fully saturated rings. The molecule has 16 heavy (non-hydrogen) atoms. The molecule has 0 radical (unpaired) electrons. The maximum absolute atomic E-state index is 12.8. The molecule has 82 valence electrons. The molecule has 1 aromatic heterocycles. The van der Waals surface area contributed by atoms with Crippen LogP contribution in [0.25, 0.3) is 5.69 Å². The van der Waals surface area contributed by atoms with Gasteiger partial charge in [-0.1, -0.05) is 11.6 Å². The van der Waals surface area contributed by atoms with Gasteiger partial charge in [-0.25, -0.2) is 9.37 Å².